The smallest absolute Gasteiger partial charge is 0.248 e. The lowest BCUT2D eigenvalue weighted by molar-refractivity contribution is -0.118. The molecule has 3 aromatic carbocycles. The Morgan fingerprint density at radius 2 is 1.69 bits per heavy atom. The van der Waals surface area contributed by atoms with Crippen molar-refractivity contribution in [2.45, 2.75) is 12.5 Å². The summed E-state index contributed by atoms with van der Waals surface area (Å²) in [7, 11) is 0. The molecule has 1 heterocycles. The third kappa shape index (κ3) is 9.04. The molecule has 4 rings (SSSR count). The van der Waals surface area contributed by atoms with Gasteiger partial charge in [0.05, 0.1) is 24.6 Å². The molecule has 9 heteroatoms. The zero-order chi connectivity index (χ0) is 27.5. The monoisotopic (exact) mass is 591 g/mol. The van der Waals surface area contributed by atoms with E-state index in [0.29, 0.717) is 17.9 Å². The fourth-order valence-electron chi connectivity index (χ4n) is 4.24. The standard InChI is InChI=1S/C30H34BrN5O3/c31-24-11-13-25(14-12-24)34-30(38)29(33-16-3-17-36-18-20-39-21-19-36)23-9-6-22(7-10-23)8-15-28(37)35-27-5-2-1-4-26(27)32/h1-2,4-15,29,33H,3,16-21,32H2,(H,34,38)(H,35,37). The van der Waals surface area contributed by atoms with E-state index < -0.39 is 6.04 Å². The lowest BCUT2D eigenvalue weighted by Crippen LogP contribution is -2.39. The lowest BCUT2D eigenvalue weighted by Gasteiger charge is -2.27. The van der Waals surface area contributed by atoms with Crippen molar-refractivity contribution in [1.29, 1.82) is 0 Å². The molecule has 1 atom stereocenters. The Kier molecular flexibility index (Phi) is 10.7. The van der Waals surface area contributed by atoms with Crippen molar-refractivity contribution in [2.75, 3.05) is 55.8 Å². The van der Waals surface area contributed by atoms with Crippen LogP contribution in [0.4, 0.5) is 17.1 Å². The molecule has 0 radical (unpaired) electrons. The van der Waals surface area contributed by atoms with Gasteiger partial charge in [-0.05, 0) is 73.1 Å². The van der Waals surface area contributed by atoms with E-state index in [4.69, 9.17) is 10.5 Å². The molecule has 1 unspecified atom stereocenters. The Morgan fingerprint density at radius 1 is 0.974 bits per heavy atom. The normalized spacial score (nSPS) is 14.7. The van der Waals surface area contributed by atoms with Crippen molar-refractivity contribution >= 4 is 50.9 Å². The van der Waals surface area contributed by atoms with Gasteiger partial charge in [0.2, 0.25) is 11.8 Å². The van der Waals surface area contributed by atoms with Crippen molar-refractivity contribution in [1.82, 2.24) is 10.2 Å². The number of morpholine rings is 1. The highest BCUT2D eigenvalue weighted by molar-refractivity contribution is 9.10. The first-order valence-corrected chi connectivity index (χ1v) is 13.8. The van der Waals surface area contributed by atoms with Crippen molar-refractivity contribution in [3.8, 4) is 0 Å². The average Bonchev–Trinajstić information content (AvgIpc) is 2.95. The van der Waals surface area contributed by atoms with Crippen LogP contribution in [0.2, 0.25) is 0 Å². The maximum absolute atomic E-state index is 13.3. The number of rotatable bonds is 11. The fraction of sp³-hybridized carbons (Fsp3) is 0.267. The van der Waals surface area contributed by atoms with Gasteiger partial charge in [0, 0.05) is 29.3 Å². The molecule has 0 bridgehead atoms. The maximum atomic E-state index is 13.3. The third-order valence-electron chi connectivity index (χ3n) is 6.39. The van der Waals surface area contributed by atoms with E-state index in [-0.39, 0.29) is 11.8 Å². The van der Waals surface area contributed by atoms with Gasteiger partial charge in [-0.1, -0.05) is 52.3 Å². The Hall–Kier alpha value is -3.50. The predicted octanol–water partition coefficient (Wildman–Crippen LogP) is 4.67. The largest absolute Gasteiger partial charge is 0.397 e. The molecule has 3 aromatic rings. The number of para-hydroxylation sites is 2. The van der Waals surface area contributed by atoms with Crippen LogP contribution in [-0.2, 0) is 14.3 Å². The van der Waals surface area contributed by atoms with Gasteiger partial charge in [-0.3, -0.25) is 14.5 Å². The first-order chi connectivity index (χ1) is 19.0. The SMILES string of the molecule is Nc1ccccc1NC(=O)C=Cc1ccc(C(NCCCN2CCOCC2)C(=O)Nc2ccc(Br)cc2)cc1. The molecule has 0 aromatic heterocycles. The molecule has 0 aliphatic carbocycles. The van der Waals surface area contributed by atoms with Crippen molar-refractivity contribution in [3.63, 3.8) is 0 Å². The van der Waals surface area contributed by atoms with Gasteiger partial charge < -0.3 is 26.4 Å². The highest BCUT2D eigenvalue weighted by Gasteiger charge is 2.20. The Balaban J connectivity index is 1.39. The Labute approximate surface area is 237 Å². The van der Waals surface area contributed by atoms with E-state index in [0.717, 1.165) is 60.6 Å². The first kappa shape index (κ1) is 28.5. The quantitative estimate of drug-likeness (QED) is 0.146. The molecule has 1 aliphatic heterocycles. The molecule has 0 saturated carbocycles. The summed E-state index contributed by atoms with van der Waals surface area (Å²) in [5, 5.41) is 9.23. The van der Waals surface area contributed by atoms with Gasteiger partial charge in [0.15, 0.2) is 0 Å². The van der Waals surface area contributed by atoms with Crippen molar-refractivity contribution < 1.29 is 14.3 Å². The van der Waals surface area contributed by atoms with Crippen LogP contribution in [0.3, 0.4) is 0 Å². The summed E-state index contributed by atoms with van der Waals surface area (Å²) < 4.78 is 6.37. The molecule has 39 heavy (non-hydrogen) atoms. The van der Waals surface area contributed by atoms with Crippen LogP contribution in [0.1, 0.15) is 23.6 Å². The minimum Gasteiger partial charge on any atom is -0.397 e. The lowest BCUT2D eigenvalue weighted by atomic mass is 10.0. The predicted molar refractivity (Wildman–Crippen MR) is 160 cm³/mol. The molecular formula is C30H34BrN5O3. The average molecular weight is 593 g/mol. The number of carbonyl (C=O) groups excluding carboxylic acids is 2. The van der Waals surface area contributed by atoms with Crippen LogP contribution in [0, 0.1) is 0 Å². The van der Waals surface area contributed by atoms with E-state index >= 15 is 0 Å². The maximum Gasteiger partial charge on any atom is 0.248 e. The molecular weight excluding hydrogens is 558 g/mol. The molecule has 0 spiro atoms. The number of nitrogens with one attached hydrogen (secondary N) is 3. The second kappa shape index (κ2) is 14.6. The number of hydrogen-bond acceptors (Lipinski definition) is 6. The van der Waals surface area contributed by atoms with E-state index in [9.17, 15) is 9.59 Å². The first-order valence-electron chi connectivity index (χ1n) is 13.0. The van der Waals surface area contributed by atoms with Crippen LogP contribution < -0.4 is 21.7 Å². The van der Waals surface area contributed by atoms with Crippen LogP contribution in [0.15, 0.2) is 83.3 Å². The second-order valence-electron chi connectivity index (χ2n) is 9.27. The summed E-state index contributed by atoms with van der Waals surface area (Å²) in [5.41, 5.74) is 9.39. The highest BCUT2D eigenvalue weighted by atomic mass is 79.9. The third-order valence-corrected chi connectivity index (χ3v) is 6.92. The Morgan fingerprint density at radius 3 is 2.41 bits per heavy atom. The van der Waals surface area contributed by atoms with E-state index in [1.165, 1.54) is 6.08 Å². The number of hydrogen-bond donors (Lipinski definition) is 4. The van der Waals surface area contributed by atoms with Crippen molar-refractivity contribution in [2.24, 2.45) is 0 Å². The number of amides is 2. The summed E-state index contributed by atoms with van der Waals surface area (Å²) in [6, 6.07) is 21.7. The van der Waals surface area contributed by atoms with E-state index in [1.807, 2.05) is 60.7 Å². The van der Waals surface area contributed by atoms with Crippen LogP contribution in [0.25, 0.3) is 6.08 Å². The number of nitrogens with two attached hydrogens (primary N) is 1. The molecule has 204 valence electrons. The summed E-state index contributed by atoms with van der Waals surface area (Å²) in [5.74, 6) is -0.405. The summed E-state index contributed by atoms with van der Waals surface area (Å²) in [6.07, 6.45) is 4.11. The highest BCUT2D eigenvalue weighted by Crippen LogP contribution is 2.20. The zero-order valence-electron chi connectivity index (χ0n) is 21.7. The minimum atomic E-state index is -0.527. The van der Waals surface area contributed by atoms with Gasteiger partial charge in [0.25, 0.3) is 0 Å². The molecule has 1 saturated heterocycles. The number of halogens is 1. The summed E-state index contributed by atoms with van der Waals surface area (Å²) >= 11 is 3.43. The second-order valence-corrected chi connectivity index (χ2v) is 10.2. The van der Waals surface area contributed by atoms with E-state index in [2.05, 4.69) is 36.8 Å². The van der Waals surface area contributed by atoms with Crippen LogP contribution in [0.5, 0.6) is 0 Å². The number of ether oxygens (including phenoxy) is 1. The zero-order valence-corrected chi connectivity index (χ0v) is 23.3. The number of benzene rings is 3. The molecule has 8 nitrogen and oxygen atoms in total. The number of carbonyl (C=O) groups is 2. The minimum absolute atomic E-state index is 0.133. The topological polar surface area (TPSA) is 109 Å². The van der Waals surface area contributed by atoms with Crippen LogP contribution >= 0.6 is 15.9 Å². The van der Waals surface area contributed by atoms with Gasteiger partial charge in [-0.15, -0.1) is 0 Å². The van der Waals surface area contributed by atoms with Gasteiger partial charge in [-0.25, -0.2) is 0 Å². The molecule has 1 aliphatic rings. The number of nitrogens with zero attached hydrogens (tertiary/aromatic N) is 1. The van der Waals surface area contributed by atoms with Gasteiger partial charge in [0.1, 0.15) is 6.04 Å². The molecule has 5 N–H and O–H groups in total. The van der Waals surface area contributed by atoms with E-state index in [1.54, 1.807) is 18.2 Å². The number of nitrogen functional groups attached to an aromatic ring is 1. The number of anilines is 3. The van der Waals surface area contributed by atoms with Gasteiger partial charge >= 0.3 is 0 Å². The van der Waals surface area contributed by atoms with Crippen LogP contribution in [-0.4, -0.2) is 56.1 Å². The summed E-state index contributed by atoms with van der Waals surface area (Å²) in [4.78, 5) is 28.0. The summed E-state index contributed by atoms with van der Waals surface area (Å²) in [6.45, 7) is 5.08. The molecule has 1 fully saturated rings. The van der Waals surface area contributed by atoms with Gasteiger partial charge in [-0.2, -0.15) is 0 Å². The molecule has 2 amide bonds. The van der Waals surface area contributed by atoms with Crippen molar-refractivity contribution in [3.05, 3.63) is 94.5 Å². The fourth-order valence-corrected chi connectivity index (χ4v) is 4.50. The Bertz CT molecular complexity index is 1260.